The summed E-state index contributed by atoms with van der Waals surface area (Å²) >= 11 is 0. The van der Waals surface area contributed by atoms with Crippen molar-refractivity contribution in [1.29, 1.82) is 0 Å². The van der Waals surface area contributed by atoms with Crippen LogP contribution in [-0.2, 0) is 6.61 Å². The second kappa shape index (κ2) is 3.25. The van der Waals surface area contributed by atoms with Crippen molar-refractivity contribution < 1.29 is 9.63 Å². The first-order valence-corrected chi connectivity index (χ1v) is 4.17. The van der Waals surface area contributed by atoms with Crippen molar-refractivity contribution >= 4 is 0 Å². The molecule has 0 aliphatic carbocycles. The molecule has 1 atom stereocenters. The Kier molecular flexibility index (Phi) is 2.10. The van der Waals surface area contributed by atoms with E-state index in [4.69, 9.17) is 9.63 Å². The molecule has 0 saturated carbocycles. The SMILES string of the molecule is OCc1cnoc1C1CCNC1. The van der Waals surface area contributed by atoms with Crippen LogP contribution in [0.4, 0.5) is 0 Å². The van der Waals surface area contributed by atoms with E-state index in [1.165, 1.54) is 0 Å². The summed E-state index contributed by atoms with van der Waals surface area (Å²) in [5.74, 6) is 1.25. The fourth-order valence-electron chi connectivity index (χ4n) is 1.60. The zero-order valence-electron chi connectivity index (χ0n) is 6.79. The second-order valence-electron chi connectivity index (χ2n) is 3.06. The molecule has 2 heterocycles. The summed E-state index contributed by atoms with van der Waals surface area (Å²) in [6.45, 7) is 1.98. The van der Waals surface area contributed by atoms with E-state index in [0.29, 0.717) is 5.92 Å². The van der Waals surface area contributed by atoms with Gasteiger partial charge in [0, 0.05) is 18.0 Å². The van der Waals surface area contributed by atoms with E-state index >= 15 is 0 Å². The molecule has 0 aromatic carbocycles. The Morgan fingerprint density at radius 2 is 2.67 bits per heavy atom. The van der Waals surface area contributed by atoms with Crippen LogP contribution in [0.15, 0.2) is 10.7 Å². The Morgan fingerprint density at radius 3 is 3.33 bits per heavy atom. The van der Waals surface area contributed by atoms with Crippen molar-refractivity contribution in [1.82, 2.24) is 10.5 Å². The van der Waals surface area contributed by atoms with Crippen LogP contribution in [0.3, 0.4) is 0 Å². The van der Waals surface area contributed by atoms with E-state index in [1.807, 2.05) is 0 Å². The molecule has 0 radical (unpaired) electrons. The molecule has 2 N–H and O–H groups in total. The van der Waals surface area contributed by atoms with E-state index in [-0.39, 0.29) is 6.61 Å². The molecule has 0 amide bonds. The van der Waals surface area contributed by atoms with E-state index in [0.717, 1.165) is 30.8 Å². The number of nitrogens with zero attached hydrogens (tertiary/aromatic N) is 1. The van der Waals surface area contributed by atoms with Crippen LogP contribution in [0, 0.1) is 0 Å². The summed E-state index contributed by atoms with van der Waals surface area (Å²) in [6.07, 6.45) is 2.66. The molecule has 4 nitrogen and oxygen atoms in total. The zero-order valence-corrected chi connectivity index (χ0v) is 6.79. The van der Waals surface area contributed by atoms with Gasteiger partial charge in [-0.25, -0.2) is 0 Å². The summed E-state index contributed by atoms with van der Waals surface area (Å²) in [5, 5.41) is 15.9. The highest BCUT2D eigenvalue weighted by Gasteiger charge is 2.22. The molecule has 12 heavy (non-hydrogen) atoms. The topological polar surface area (TPSA) is 58.3 Å². The quantitative estimate of drug-likeness (QED) is 0.664. The smallest absolute Gasteiger partial charge is 0.146 e. The van der Waals surface area contributed by atoms with Gasteiger partial charge in [0.05, 0.1) is 12.8 Å². The monoisotopic (exact) mass is 168 g/mol. The fourth-order valence-corrected chi connectivity index (χ4v) is 1.60. The fraction of sp³-hybridized carbons (Fsp3) is 0.625. The van der Waals surface area contributed by atoms with Crippen LogP contribution >= 0.6 is 0 Å². The number of aromatic nitrogens is 1. The largest absolute Gasteiger partial charge is 0.391 e. The number of aliphatic hydroxyl groups excluding tert-OH is 1. The minimum Gasteiger partial charge on any atom is -0.391 e. The highest BCUT2D eigenvalue weighted by atomic mass is 16.5. The summed E-state index contributed by atoms with van der Waals surface area (Å²) in [6, 6.07) is 0. The van der Waals surface area contributed by atoms with Gasteiger partial charge in [-0.15, -0.1) is 0 Å². The molecule has 1 unspecified atom stereocenters. The van der Waals surface area contributed by atoms with E-state index in [1.54, 1.807) is 6.20 Å². The lowest BCUT2D eigenvalue weighted by molar-refractivity contribution is 0.275. The van der Waals surface area contributed by atoms with Crippen LogP contribution in [-0.4, -0.2) is 23.4 Å². The minimum atomic E-state index is 0.0231. The molecule has 66 valence electrons. The van der Waals surface area contributed by atoms with Crippen LogP contribution < -0.4 is 5.32 Å². The van der Waals surface area contributed by atoms with Gasteiger partial charge in [0.25, 0.3) is 0 Å². The predicted octanol–water partition coefficient (Wildman–Crippen LogP) is 0.244. The van der Waals surface area contributed by atoms with Gasteiger partial charge in [-0.3, -0.25) is 0 Å². The molecule has 1 saturated heterocycles. The molecule has 4 heteroatoms. The van der Waals surface area contributed by atoms with Gasteiger partial charge in [0.1, 0.15) is 5.76 Å². The van der Waals surface area contributed by atoms with Gasteiger partial charge < -0.3 is 14.9 Å². The number of nitrogens with one attached hydrogen (secondary N) is 1. The predicted molar refractivity (Wildman–Crippen MR) is 42.7 cm³/mol. The molecule has 1 aromatic heterocycles. The molecule has 0 spiro atoms. The average Bonchev–Trinajstić information content (AvgIpc) is 2.74. The van der Waals surface area contributed by atoms with Crippen LogP contribution in [0.1, 0.15) is 23.7 Å². The lowest BCUT2D eigenvalue weighted by Crippen LogP contribution is -2.08. The average molecular weight is 168 g/mol. The molecule has 2 rings (SSSR count). The van der Waals surface area contributed by atoms with Gasteiger partial charge in [-0.2, -0.15) is 0 Å². The summed E-state index contributed by atoms with van der Waals surface area (Å²) in [7, 11) is 0. The normalized spacial score (nSPS) is 23.2. The Labute approximate surface area is 70.6 Å². The molecule has 0 bridgehead atoms. The molecular weight excluding hydrogens is 156 g/mol. The third kappa shape index (κ3) is 1.23. The number of aliphatic hydroxyl groups is 1. The van der Waals surface area contributed by atoms with Crippen molar-refractivity contribution in [3.05, 3.63) is 17.5 Å². The van der Waals surface area contributed by atoms with Crippen molar-refractivity contribution in [2.24, 2.45) is 0 Å². The first-order valence-electron chi connectivity index (χ1n) is 4.17. The van der Waals surface area contributed by atoms with Gasteiger partial charge in [0.2, 0.25) is 0 Å². The van der Waals surface area contributed by atoms with Crippen molar-refractivity contribution in [3.63, 3.8) is 0 Å². The number of rotatable bonds is 2. The van der Waals surface area contributed by atoms with Crippen LogP contribution in [0.5, 0.6) is 0 Å². The lowest BCUT2D eigenvalue weighted by Gasteiger charge is -2.03. The van der Waals surface area contributed by atoms with E-state index in [9.17, 15) is 0 Å². The Balaban J connectivity index is 2.19. The van der Waals surface area contributed by atoms with Crippen LogP contribution in [0.25, 0.3) is 0 Å². The maximum atomic E-state index is 8.95. The highest BCUT2D eigenvalue weighted by Crippen LogP contribution is 2.25. The summed E-state index contributed by atoms with van der Waals surface area (Å²) in [5.41, 5.74) is 0.823. The third-order valence-electron chi connectivity index (χ3n) is 2.28. The minimum absolute atomic E-state index is 0.0231. The lowest BCUT2D eigenvalue weighted by atomic mass is 10.0. The molecule has 1 fully saturated rings. The van der Waals surface area contributed by atoms with E-state index < -0.39 is 0 Å². The third-order valence-corrected chi connectivity index (χ3v) is 2.28. The Bertz CT molecular complexity index is 253. The van der Waals surface area contributed by atoms with Gasteiger partial charge in [-0.05, 0) is 13.0 Å². The summed E-state index contributed by atoms with van der Waals surface area (Å²) in [4.78, 5) is 0. The first kappa shape index (κ1) is 7.76. The maximum absolute atomic E-state index is 8.95. The molecule has 1 aliphatic rings. The number of hydrogen-bond donors (Lipinski definition) is 2. The summed E-state index contributed by atoms with van der Waals surface area (Å²) < 4.78 is 5.09. The molecule has 1 aliphatic heterocycles. The van der Waals surface area contributed by atoms with Gasteiger partial charge in [0.15, 0.2) is 0 Å². The van der Waals surface area contributed by atoms with Crippen LogP contribution in [0.2, 0.25) is 0 Å². The van der Waals surface area contributed by atoms with Crippen molar-refractivity contribution in [2.75, 3.05) is 13.1 Å². The zero-order chi connectivity index (χ0) is 8.39. The first-order chi connectivity index (χ1) is 5.92. The highest BCUT2D eigenvalue weighted by molar-refractivity contribution is 5.18. The molecular formula is C8H12N2O2. The van der Waals surface area contributed by atoms with Gasteiger partial charge >= 0.3 is 0 Å². The second-order valence-corrected chi connectivity index (χ2v) is 3.06. The van der Waals surface area contributed by atoms with Crippen molar-refractivity contribution in [3.8, 4) is 0 Å². The van der Waals surface area contributed by atoms with Crippen molar-refractivity contribution in [2.45, 2.75) is 18.9 Å². The Morgan fingerprint density at radius 1 is 1.75 bits per heavy atom. The Hall–Kier alpha value is -0.870. The van der Waals surface area contributed by atoms with E-state index in [2.05, 4.69) is 10.5 Å². The molecule has 1 aromatic rings. The standard InChI is InChI=1S/C8H12N2O2/c11-5-7-4-10-12-8(7)6-1-2-9-3-6/h4,6,9,11H,1-3,5H2. The number of hydrogen-bond acceptors (Lipinski definition) is 4. The van der Waals surface area contributed by atoms with Gasteiger partial charge in [-0.1, -0.05) is 5.16 Å². The maximum Gasteiger partial charge on any atom is 0.146 e.